The molecule has 29 heavy (non-hydrogen) atoms. The van der Waals surface area contributed by atoms with Crippen molar-refractivity contribution in [3.8, 4) is 11.6 Å². The molecule has 6 N–H and O–H groups in total. The SMILES string of the molecule is CO.COP(S)OCCO.Nc1nc2c(nc(-c3ccco3)n2CCO)c(=O)[nH]1. The fourth-order valence-corrected chi connectivity index (χ4v) is 2.69. The number of aromatic amines is 1. The predicted octanol–water partition coefficient (Wildman–Crippen LogP) is 0.361. The van der Waals surface area contributed by atoms with Gasteiger partial charge in [-0.1, -0.05) is 12.2 Å². The zero-order chi connectivity index (χ0) is 21.8. The number of nitrogens with one attached hydrogen (secondary N) is 1. The van der Waals surface area contributed by atoms with Crippen LogP contribution in [0.1, 0.15) is 0 Å². The van der Waals surface area contributed by atoms with E-state index in [0.29, 0.717) is 23.8 Å². The molecule has 0 spiro atoms. The van der Waals surface area contributed by atoms with Gasteiger partial charge in [0.2, 0.25) is 13.5 Å². The standard InChI is InChI=1S/C11H11N5O3.C3H9O3PS.CH4O/c12-11-14-9-7(10(18)15-11)13-8(16(9)3-4-17)6-2-1-5-19-6;1-5-7(8)6-3-2-4;1-2/h1-2,5,17H,3-4H2,(H3,12,14,15,18);4,8H,2-3H2,1H3;2H,1H3. The average molecular weight is 449 g/mol. The number of imidazole rings is 1. The van der Waals surface area contributed by atoms with Gasteiger partial charge in [-0.3, -0.25) is 9.78 Å². The van der Waals surface area contributed by atoms with Crippen LogP contribution in [0.3, 0.4) is 0 Å². The van der Waals surface area contributed by atoms with Gasteiger partial charge < -0.3 is 39.1 Å². The van der Waals surface area contributed by atoms with Crippen molar-refractivity contribution in [3.63, 3.8) is 0 Å². The zero-order valence-corrected chi connectivity index (χ0v) is 17.6. The normalized spacial score (nSPS) is 11.4. The summed E-state index contributed by atoms with van der Waals surface area (Å²) >= 11 is 3.87. The third-order valence-corrected chi connectivity index (χ3v) is 4.69. The van der Waals surface area contributed by atoms with Crippen LogP contribution in [-0.2, 0) is 15.6 Å². The number of hydrogen-bond acceptors (Lipinski definition) is 11. The molecule has 0 radical (unpaired) electrons. The van der Waals surface area contributed by atoms with Gasteiger partial charge in [0.25, 0.3) is 5.56 Å². The molecule has 3 aromatic rings. The van der Waals surface area contributed by atoms with Crippen LogP contribution in [0.25, 0.3) is 22.7 Å². The van der Waals surface area contributed by atoms with E-state index < -0.39 is 13.1 Å². The lowest BCUT2D eigenvalue weighted by atomic mass is 10.4. The molecular formula is C15H24N5O7PS. The highest BCUT2D eigenvalue weighted by Crippen LogP contribution is 2.41. The van der Waals surface area contributed by atoms with E-state index in [4.69, 9.17) is 30.0 Å². The Balaban J connectivity index is 0.000000358. The molecule has 0 saturated carbocycles. The maximum atomic E-state index is 11.8. The molecule has 0 aromatic carbocycles. The largest absolute Gasteiger partial charge is 0.461 e. The number of fused-ring (bicyclic) bond motifs is 1. The van der Waals surface area contributed by atoms with Crippen molar-refractivity contribution >= 4 is 36.9 Å². The lowest BCUT2D eigenvalue weighted by Crippen LogP contribution is -2.12. The van der Waals surface area contributed by atoms with Crippen LogP contribution in [0.4, 0.5) is 5.95 Å². The number of aliphatic hydroxyl groups excluding tert-OH is 3. The van der Waals surface area contributed by atoms with Crippen LogP contribution in [0, 0.1) is 0 Å². The maximum Gasteiger partial charge on any atom is 0.280 e. The molecule has 1 unspecified atom stereocenters. The Bertz CT molecular complexity index is 902. The minimum absolute atomic E-state index is 0.00239. The number of aliphatic hydroxyl groups is 3. The number of thiol groups is 1. The summed E-state index contributed by atoms with van der Waals surface area (Å²) in [5.41, 5.74) is 5.58. The highest BCUT2D eigenvalue weighted by molar-refractivity contribution is 8.41. The summed E-state index contributed by atoms with van der Waals surface area (Å²) in [6.45, 7) is 0.432. The number of nitrogen functional groups attached to an aromatic ring is 1. The van der Waals surface area contributed by atoms with E-state index in [9.17, 15) is 4.79 Å². The molecule has 0 aliphatic rings. The lowest BCUT2D eigenvalue weighted by molar-refractivity contribution is 0.200. The molecular weight excluding hydrogens is 425 g/mol. The minimum Gasteiger partial charge on any atom is -0.461 e. The molecule has 162 valence electrons. The minimum atomic E-state index is -1.05. The van der Waals surface area contributed by atoms with Gasteiger partial charge in [0.15, 0.2) is 22.7 Å². The Morgan fingerprint density at radius 1 is 1.34 bits per heavy atom. The topological polar surface area (TPSA) is 182 Å². The summed E-state index contributed by atoms with van der Waals surface area (Å²) in [5.74, 6) is 0.921. The predicted molar refractivity (Wildman–Crippen MR) is 111 cm³/mol. The molecule has 0 saturated heterocycles. The first-order valence-corrected chi connectivity index (χ1v) is 10.5. The summed E-state index contributed by atoms with van der Waals surface area (Å²) < 4.78 is 16.3. The van der Waals surface area contributed by atoms with Crippen LogP contribution in [0.2, 0.25) is 0 Å². The Kier molecular flexibility index (Phi) is 11.5. The number of nitrogens with zero attached hydrogens (tertiary/aromatic N) is 3. The highest BCUT2D eigenvalue weighted by Gasteiger charge is 2.18. The smallest absolute Gasteiger partial charge is 0.280 e. The van der Waals surface area contributed by atoms with Gasteiger partial charge in [0, 0.05) is 20.8 Å². The number of hydrogen-bond donors (Lipinski definition) is 6. The number of nitrogens with two attached hydrogens (primary N) is 1. The molecule has 0 aliphatic carbocycles. The van der Waals surface area contributed by atoms with E-state index in [-0.39, 0.29) is 31.2 Å². The van der Waals surface area contributed by atoms with Crippen molar-refractivity contribution in [1.82, 2.24) is 19.5 Å². The lowest BCUT2D eigenvalue weighted by Gasteiger charge is -2.05. The van der Waals surface area contributed by atoms with E-state index in [2.05, 4.69) is 31.7 Å². The third kappa shape index (κ3) is 7.08. The molecule has 0 aliphatic heterocycles. The molecule has 3 rings (SSSR count). The van der Waals surface area contributed by atoms with Crippen molar-refractivity contribution in [1.29, 1.82) is 0 Å². The van der Waals surface area contributed by atoms with E-state index in [1.807, 2.05) is 0 Å². The average Bonchev–Trinajstić information content (AvgIpc) is 3.37. The van der Waals surface area contributed by atoms with Crippen molar-refractivity contribution in [2.75, 3.05) is 39.8 Å². The summed E-state index contributed by atoms with van der Waals surface area (Å²) in [5, 5.41) is 24.3. The Hall–Kier alpha value is -1.99. The van der Waals surface area contributed by atoms with E-state index in [0.717, 1.165) is 7.11 Å². The Morgan fingerprint density at radius 3 is 2.62 bits per heavy atom. The van der Waals surface area contributed by atoms with Crippen molar-refractivity contribution in [2.45, 2.75) is 6.54 Å². The van der Waals surface area contributed by atoms with E-state index in [1.54, 1.807) is 16.7 Å². The van der Waals surface area contributed by atoms with Gasteiger partial charge >= 0.3 is 0 Å². The molecule has 0 amide bonds. The van der Waals surface area contributed by atoms with Crippen LogP contribution in [0.5, 0.6) is 0 Å². The number of furan rings is 1. The summed E-state index contributed by atoms with van der Waals surface area (Å²) in [6.07, 6.45) is 1.50. The summed E-state index contributed by atoms with van der Waals surface area (Å²) in [7, 11) is 1.46. The van der Waals surface area contributed by atoms with Crippen LogP contribution in [0.15, 0.2) is 27.6 Å². The molecule has 3 heterocycles. The molecule has 12 nitrogen and oxygen atoms in total. The Morgan fingerprint density at radius 2 is 2.07 bits per heavy atom. The van der Waals surface area contributed by atoms with Crippen molar-refractivity contribution in [3.05, 3.63) is 28.7 Å². The van der Waals surface area contributed by atoms with Gasteiger partial charge in [0.1, 0.15) is 0 Å². The third-order valence-electron chi connectivity index (χ3n) is 3.14. The first-order chi connectivity index (χ1) is 14.0. The first-order valence-electron chi connectivity index (χ1n) is 8.14. The highest BCUT2D eigenvalue weighted by atomic mass is 32.7. The first kappa shape index (κ1) is 25.0. The summed E-state index contributed by atoms with van der Waals surface area (Å²) in [6, 6.07) is 3.43. The second-order valence-corrected chi connectivity index (χ2v) is 6.97. The van der Waals surface area contributed by atoms with Crippen molar-refractivity contribution in [2.24, 2.45) is 0 Å². The molecule has 14 heteroatoms. The van der Waals surface area contributed by atoms with Gasteiger partial charge in [-0.25, -0.2) is 4.98 Å². The van der Waals surface area contributed by atoms with Crippen LogP contribution < -0.4 is 11.3 Å². The maximum absolute atomic E-state index is 11.8. The fraction of sp³-hybridized carbons (Fsp3) is 0.400. The van der Waals surface area contributed by atoms with Crippen LogP contribution in [-0.4, -0.2) is 68.9 Å². The van der Waals surface area contributed by atoms with Gasteiger partial charge in [-0.2, -0.15) is 4.98 Å². The Labute approximate surface area is 172 Å². The van der Waals surface area contributed by atoms with E-state index in [1.165, 1.54) is 13.4 Å². The van der Waals surface area contributed by atoms with Crippen molar-refractivity contribution < 1.29 is 28.8 Å². The van der Waals surface area contributed by atoms with Gasteiger partial charge in [-0.05, 0) is 12.1 Å². The van der Waals surface area contributed by atoms with Gasteiger partial charge in [0.05, 0.1) is 26.1 Å². The number of H-pyrrole nitrogens is 1. The molecule has 1 atom stereocenters. The van der Waals surface area contributed by atoms with Gasteiger partial charge in [-0.15, -0.1) is 0 Å². The second kappa shape index (κ2) is 13.3. The second-order valence-electron chi connectivity index (χ2n) is 4.89. The molecule has 3 aromatic heterocycles. The fourth-order valence-electron chi connectivity index (χ4n) is 2.10. The van der Waals surface area contributed by atoms with E-state index >= 15 is 0 Å². The number of anilines is 1. The molecule has 0 bridgehead atoms. The monoisotopic (exact) mass is 449 g/mol. The summed E-state index contributed by atoms with van der Waals surface area (Å²) in [4.78, 5) is 22.4. The number of aromatic nitrogens is 4. The number of rotatable bonds is 7. The van der Waals surface area contributed by atoms with Crippen LogP contribution >= 0.6 is 19.8 Å². The molecule has 0 fully saturated rings. The quantitative estimate of drug-likeness (QED) is 0.218. The zero-order valence-electron chi connectivity index (χ0n) is 15.8.